The molecule has 0 saturated carbocycles. The molecular formula is C20H24F3N5O. The Hall–Kier alpha value is -2.84. The lowest BCUT2D eigenvalue weighted by Crippen LogP contribution is -2.20. The molecular weight excluding hydrogens is 383 g/mol. The smallest absolute Gasteiger partial charge is 0.340 e. The van der Waals surface area contributed by atoms with Gasteiger partial charge in [0.15, 0.2) is 5.69 Å². The molecule has 156 valence electrons. The molecule has 0 unspecified atom stereocenters. The summed E-state index contributed by atoms with van der Waals surface area (Å²) in [6.45, 7) is 8.01. The summed E-state index contributed by atoms with van der Waals surface area (Å²) in [5.74, 6) is 0.380. The fourth-order valence-electron chi connectivity index (χ4n) is 3.10. The van der Waals surface area contributed by atoms with Crippen LogP contribution in [0.2, 0.25) is 0 Å². The molecule has 3 aromatic rings. The number of anilines is 1. The van der Waals surface area contributed by atoms with Gasteiger partial charge in [0.25, 0.3) is 0 Å². The Morgan fingerprint density at radius 3 is 2.48 bits per heavy atom. The monoisotopic (exact) mass is 407 g/mol. The lowest BCUT2D eigenvalue weighted by atomic mass is 9.92. The van der Waals surface area contributed by atoms with Crippen LogP contribution in [0.3, 0.4) is 0 Å². The lowest BCUT2D eigenvalue weighted by Gasteiger charge is -2.17. The van der Waals surface area contributed by atoms with E-state index in [0.717, 1.165) is 17.1 Å². The van der Waals surface area contributed by atoms with Crippen LogP contribution in [0.5, 0.6) is 0 Å². The summed E-state index contributed by atoms with van der Waals surface area (Å²) in [6.07, 6.45) is -2.35. The number of aryl methyl sites for hydroxylation is 2. The van der Waals surface area contributed by atoms with Crippen LogP contribution in [-0.2, 0) is 24.6 Å². The van der Waals surface area contributed by atoms with Crippen molar-refractivity contribution >= 4 is 22.8 Å². The zero-order valence-electron chi connectivity index (χ0n) is 17.1. The standard InChI is InChI=1S/C20H24F3N5O/c1-12-8-15-14(24-18(12)25-17(29)10-19(2,3)4)6-7-28(15)11-13-9-16(20(21,22)23)26-27(13)5/h6-9H,10-11H2,1-5H3,(H,24,25,29). The first-order valence-corrected chi connectivity index (χ1v) is 9.20. The third-order valence-corrected chi connectivity index (χ3v) is 4.49. The van der Waals surface area contributed by atoms with Crippen LogP contribution in [0.25, 0.3) is 11.0 Å². The van der Waals surface area contributed by atoms with E-state index in [1.54, 1.807) is 12.3 Å². The molecule has 3 aromatic heterocycles. The zero-order valence-corrected chi connectivity index (χ0v) is 17.1. The maximum Gasteiger partial charge on any atom is 0.435 e. The number of hydrogen-bond acceptors (Lipinski definition) is 3. The average Bonchev–Trinajstić information content (AvgIpc) is 3.10. The highest BCUT2D eigenvalue weighted by Crippen LogP contribution is 2.29. The van der Waals surface area contributed by atoms with Crippen LogP contribution in [0.4, 0.5) is 19.0 Å². The molecule has 0 radical (unpaired) electrons. The number of hydrogen-bond donors (Lipinski definition) is 1. The second-order valence-electron chi connectivity index (χ2n) is 8.43. The van der Waals surface area contributed by atoms with E-state index < -0.39 is 11.9 Å². The van der Waals surface area contributed by atoms with Crippen molar-refractivity contribution < 1.29 is 18.0 Å². The second kappa shape index (κ2) is 7.20. The van der Waals surface area contributed by atoms with E-state index in [2.05, 4.69) is 15.4 Å². The van der Waals surface area contributed by atoms with Gasteiger partial charge >= 0.3 is 6.18 Å². The van der Waals surface area contributed by atoms with Crippen molar-refractivity contribution in [1.29, 1.82) is 0 Å². The minimum Gasteiger partial charge on any atom is -0.340 e. The van der Waals surface area contributed by atoms with Crippen molar-refractivity contribution in [1.82, 2.24) is 19.3 Å². The van der Waals surface area contributed by atoms with Gasteiger partial charge in [0.05, 0.1) is 23.3 Å². The van der Waals surface area contributed by atoms with Gasteiger partial charge in [0.1, 0.15) is 5.82 Å². The predicted octanol–water partition coefficient (Wildman–Crippen LogP) is 4.52. The number of rotatable bonds is 4. The molecule has 0 spiro atoms. The van der Waals surface area contributed by atoms with Crippen LogP contribution in [0.1, 0.15) is 44.1 Å². The number of carbonyl (C=O) groups excluding carboxylic acids is 1. The highest BCUT2D eigenvalue weighted by molar-refractivity contribution is 5.92. The highest BCUT2D eigenvalue weighted by Gasteiger charge is 2.34. The number of nitrogens with one attached hydrogen (secondary N) is 1. The van der Waals surface area contributed by atoms with Crippen LogP contribution >= 0.6 is 0 Å². The van der Waals surface area contributed by atoms with Gasteiger partial charge in [-0.1, -0.05) is 20.8 Å². The summed E-state index contributed by atoms with van der Waals surface area (Å²) < 4.78 is 41.7. The Labute approximate surface area is 166 Å². The molecule has 0 atom stereocenters. The van der Waals surface area contributed by atoms with Crippen molar-refractivity contribution in [2.45, 2.75) is 46.8 Å². The van der Waals surface area contributed by atoms with E-state index in [1.807, 2.05) is 38.3 Å². The molecule has 1 N–H and O–H groups in total. The van der Waals surface area contributed by atoms with Crippen molar-refractivity contribution in [3.63, 3.8) is 0 Å². The van der Waals surface area contributed by atoms with Gasteiger partial charge < -0.3 is 9.88 Å². The largest absolute Gasteiger partial charge is 0.435 e. The first-order chi connectivity index (χ1) is 13.3. The van der Waals surface area contributed by atoms with Gasteiger partial charge in [-0.3, -0.25) is 9.48 Å². The molecule has 0 fully saturated rings. The van der Waals surface area contributed by atoms with E-state index in [1.165, 1.54) is 11.7 Å². The molecule has 0 saturated heterocycles. The molecule has 3 heterocycles. The summed E-state index contributed by atoms with van der Waals surface area (Å²) >= 11 is 0. The van der Waals surface area contributed by atoms with Crippen LogP contribution in [-0.4, -0.2) is 25.2 Å². The van der Waals surface area contributed by atoms with Gasteiger partial charge in [-0.05, 0) is 36.1 Å². The van der Waals surface area contributed by atoms with Crippen LogP contribution in [0.15, 0.2) is 24.4 Å². The third kappa shape index (κ3) is 4.78. The summed E-state index contributed by atoms with van der Waals surface area (Å²) in [5.41, 5.74) is 1.58. The van der Waals surface area contributed by atoms with E-state index in [-0.39, 0.29) is 17.9 Å². The SMILES string of the molecule is Cc1cc2c(ccn2Cc2cc(C(F)(F)F)nn2C)nc1NC(=O)CC(C)(C)C. The minimum absolute atomic E-state index is 0.110. The summed E-state index contributed by atoms with van der Waals surface area (Å²) in [5, 5.41) is 6.40. The van der Waals surface area contributed by atoms with Gasteiger partial charge in [0.2, 0.25) is 5.91 Å². The molecule has 0 aromatic carbocycles. The number of amides is 1. The normalized spacial score (nSPS) is 12.6. The van der Waals surface area contributed by atoms with Gasteiger partial charge in [-0.15, -0.1) is 0 Å². The first-order valence-electron chi connectivity index (χ1n) is 9.20. The number of nitrogens with zero attached hydrogens (tertiary/aromatic N) is 4. The van der Waals surface area contributed by atoms with Crippen LogP contribution in [0, 0.1) is 12.3 Å². The zero-order chi connectivity index (χ0) is 21.6. The fourth-order valence-corrected chi connectivity index (χ4v) is 3.10. The number of carbonyl (C=O) groups is 1. The molecule has 6 nitrogen and oxygen atoms in total. The topological polar surface area (TPSA) is 64.7 Å². The van der Waals surface area contributed by atoms with Gasteiger partial charge in [-0.25, -0.2) is 4.98 Å². The van der Waals surface area contributed by atoms with Crippen molar-refractivity contribution in [3.05, 3.63) is 41.3 Å². The van der Waals surface area contributed by atoms with E-state index in [4.69, 9.17) is 0 Å². The van der Waals surface area contributed by atoms with Crippen molar-refractivity contribution in [2.75, 3.05) is 5.32 Å². The van der Waals surface area contributed by atoms with Crippen molar-refractivity contribution in [2.24, 2.45) is 12.5 Å². The van der Waals surface area contributed by atoms with E-state index in [0.29, 0.717) is 23.4 Å². The molecule has 0 bridgehead atoms. The van der Waals surface area contributed by atoms with E-state index in [9.17, 15) is 18.0 Å². The minimum atomic E-state index is -4.48. The lowest BCUT2D eigenvalue weighted by molar-refractivity contribution is -0.141. The molecule has 29 heavy (non-hydrogen) atoms. The number of fused-ring (bicyclic) bond motifs is 1. The second-order valence-corrected chi connectivity index (χ2v) is 8.43. The molecule has 0 aliphatic rings. The average molecular weight is 407 g/mol. The predicted molar refractivity (Wildman–Crippen MR) is 104 cm³/mol. The summed E-state index contributed by atoms with van der Waals surface area (Å²) in [4.78, 5) is 16.7. The molecule has 0 aliphatic carbocycles. The molecule has 0 aliphatic heterocycles. The summed E-state index contributed by atoms with van der Waals surface area (Å²) in [7, 11) is 1.49. The number of alkyl halides is 3. The highest BCUT2D eigenvalue weighted by atomic mass is 19.4. The Bertz CT molecular complexity index is 1060. The van der Waals surface area contributed by atoms with Crippen LogP contribution < -0.4 is 5.32 Å². The Morgan fingerprint density at radius 1 is 1.21 bits per heavy atom. The Kier molecular flexibility index (Phi) is 5.19. The molecule has 3 rings (SSSR count). The Morgan fingerprint density at radius 2 is 1.90 bits per heavy atom. The fraction of sp³-hybridized carbons (Fsp3) is 0.450. The van der Waals surface area contributed by atoms with E-state index >= 15 is 0 Å². The number of aromatic nitrogens is 4. The molecule has 9 heteroatoms. The maximum atomic E-state index is 12.9. The van der Waals surface area contributed by atoms with Gasteiger partial charge in [-0.2, -0.15) is 18.3 Å². The van der Waals surface area contributed by atoms with Crippen molar-refractivity contribution in [3.8, 4) is 0 Å². The van der Waals surface area contributed by atoms with Gasteiger partial charge in [0, 0.05) is 19.7 Å². The number of pyridine rings is 1. The quantitative estimate of drug-likeness (QED) is 0.692. The maximum absolute atomic E-state index is 12.9. The summed E-state index contributed by atoms with van der Waals surface area (Å²) in [6, 6.07) is 4.69. The molecule has 1 amide bonds. The Balaban J connectivity index is 1.86. The first kappa shape index (κ1) is 20.9. The number of halogens is 3. The third-order valence-electron chi connectivity index (χ3n) is 4.49.